The Morgan fingerprint density at radius 2 is 1.79 bits per heavy atom. The third-order valence-corrected chi connectivity index (χ3v) is 5.54. The highest BCUT2D eigenvalue weighted by molar-refractivity contribution is 7.92. The molecular weight excluding hydrogens is 380 g/mol. The minimum atomic E-state index is -3.81. The van der Waals surface area contributed by atoms with Crippen LogP contribution in [-0.2, 0) is 19.6 Å². The average molecular weight is 400 g/mol. The van der Waals surface area contributed by atoms with Crippen LogP contribution < -0.4 is 10.0 Å². The minimum Gasteiger partial charge on any atom is -0.379 e. The number of nitrogens with one attached hydrogen (secondary N) is 2. The first-order valence-electron chi connectivity index (χ1n) is 8.69. The van der Waals surface area contributed by atoms with Gasteiger partial charge in [-0.15, -0.1) is 0 Å². The summed E-state index contributed by atoms with van der Waals surface area (Å²) in [5.74, 6) is -0.136. The van der Waals surface area contributed by atoms with Crippen molar-refractivity contribution in [1.82, 2.24) is 4.90 Å². The topological polar surface area (TPSA) is 112 Å². The number of nitrogens with zero attached hydrogens (tertiary/aromatic N) is 2. The van der Waals surface area contributed by atoms with E-state index in [0.29, 0.717) is 24.6 Å². The SMILES string of the molecule is N#Cc1cccc(S(=O)(=O)Nc2ccc(NC(=O)CN3CCOCC3)cc2)c1. The Morgan fingerprint density at radius 3 is 2.46 bits per heavy atom. The molecule has 1 aliphatic heterocycles. The van der Waals surface area contributed by atoms with Crippen LogP contribution in [-0.4, -0.2) is 52.1 Å². The van der Waals surface area contributed by atoms with Crippen molar-refractivity contribution >= 4 is 27.3 Å². The van der Waals surface area contributed by atoms with E-state index in [0.717, 1.165) is 13.1 Å². The number of morpholine rings is 1. The summed E-state index contributed by atoms with van der Waals surface area (Å²) in [5, 5.41) is 11.7. The molecule has 2 aromatic carbocycles. The Balaban J connectivity index is 1.60. The molecule has 2 N–H and O–H groups in total. The molecule has 0 radical (unpaired) electrons. The lowest BCUT2D eigenvalue weighted by atomic mass is 10.2. The van der Waals surface area contributed by atoms with Gasteiger partial charge in [0.2, 0.25) is 5.91 Å². The number of ether oxygens (including phenoxy) is 1. The number of hydrogen-bond acceptors (Lipinski definition) is 6. The first kappa shape index (κ1) is 19.8. The van der Waals surface area contributed by atoms with Crippen LogP contribution in [0.4, 0.5) is 11.4 Å². The highest BCUT2D eigenvalue weighted by atomic mass is 32.2. The van der Waals surface area contributed by atoms with Gasteiger partial charge in [0.1, 0.15) is 0 Å². The monoisotopic (exact) mass is 400 g/mol. The van der Waals surface area contributed by atoms with Gasteiger partial charge < -0.3 is 10.1 Å². The number of hydrogen-bond donors (Lipinski definition) is 2. The van der Waals surface area contributed by atoms with Crippen LogP contribution in [0.1, 0.15) is 5.56 Å². The molecule has 1 aliphatic rings. The van der Waals surface area contributed by atoms with Crippen molar-refractivity contribution in [2.24, 2.45) is 0 Å². The molecule has 0 aliphatic carbocycles. The van der Waals surface area contributed by atoms with Gasteiger partial charge in [-0.25, -0.2) is 8.42 Å². The summed E-state index contributed by atoms with van der Waals surface area (Å²) in [6, 6.07) is 14.1. The van der Waals surface area contributed by atoms with Crippen molar-refractivity contribution in [3.05, 3.63) is 54.1 Å². The second kappa shape index (κ2) is 8.84. The van der Waals surface area contributed by atoms with E-state index in [4.69, 9.17) is 10.00 Å². The van der Waals surface area contributed by atoms with Crippen LogP contribution in [0, 0.1) is 11.3 Å². The number of benzene rings is 2. The number of rotatable bonds is 6. The molecule has 8 nitrogen and oxygen atoms in total. The number of carbonyl (C=O) groups excluding carboxylic acids is 1. The molecule has 0 spiro atoms. The van der Waals surface area contributed by atoms with E-state index in [2.05, 4.69) is 10.0 Å². The third kappa shape index (κ3) is 5.29. The maximum absolute atomic E-state index is 12.4. The first-order chi connectivity index (χ1) is 13.5. The fourth-order valence-electron chi connectivity index (χ4n) is 2.73. The standard InChI is InChI=1S/C19H20N4O4S/c20-13-15-2-1-3-18(12-15)28(25,26)22-17-6-4-16(5-7-17)21-19(24)14-23-8-10-27-11-9-23/h1-7,12,22H,8-11,14H2,(H,21,24). The largest absolute Gasteiger partial charge is 0.379 e. The predicted molar refractivity (Wildman–Crippen MR) is 104 cm³/mol. The number of nitriles is 1. The van der Waals surface area contributed by atoms with Crippen molar-refractivity contribution in [3.8, 4) is 6.07 Å². The van der Waals surface area contributed by atoms with Crippen LogP contribution in [0.25, 0.3) is 0 Å². The second-order valence-electron chi connectivity index (χ2n) is 6.26. The Kier molecular flexibility index (Phi) is 6.26. The molecule has 9 heteroatoms. The summed E-state index contributed by atoms with van der Waals surface area (Å²) in [6.45, 7) is 2.98. The van der Waals surface area contributed by atoms with Crippen molar-refractivity contribution in [2.75, 3.05) is 42.9 Å². The van der Waals surface area contributed by atoms with Gasteiger partial charge in [-0.3, -0.25) is 14.4 Å². The molecule has 1 heterocycles. The lowest BCUT2D eigenvalue weighted by molar-refractivity contribution is -0.118. The zero-order valence-corrected chi connectivity index (χ0v) is 15.9. The van der Waals surface area contributed by atoms with Crippen molar-refractivity contribution < 1.29 is 17.9 Å². The van der Waals surface area contributed by atoms with Gasteiger partial charge in [-0.05, 0) is 42.5 Å². The molecule has 1 saturated heterocycles. The average Bonchev–Trinajstić information content (AvgIpc) is 2.70. The lowest BCUT2D eigenvalue weighted by Gasteiger charge is -2.25. The Labute approximate surface area is 163 Å². The molecule has 2 aromatic rings. The van der Waals surface area contributed by atoms with Crippen LogP contribution >= 0.6 is 0 Å². The number of sulfonamides is 1. The highest BCUT2D eigenvalue weighted by Crippen LogP contribution is 2.19. The Morgan fingerprint density at radius 1 is 1.11 bits per heavy atom. The van der Waals surface area contributed by atoms with E-state index in [1.54, 1.807) is 24.3 Å². The Bertz CT molecular complexity index is 978. The molecule has 0 bridgehead atoms. The molecule has 1 fully saturated rings. The van der Waals surface area contributed by atoms with Gasteiger partial charge in [0.15, 0.2) is 0 Å². The van der Waals surface area contributed by atoms with Gasteiger partial charge in [0.25, 0.3) is 10.0 Å². The molecule has 0 aromatic heterocycles. The highest BCUT2D eigenvalue weighted by Gasteiger charge is 2.16. The molecule has 1 amide bonds. The molecule has 0 saturated carbocycles. The van der Waals surface area contributed by atoms with Crippen LogP contribution in [0.5, 0.6) is 0 Å². The summed E-state index contributed by atoms with van der Waals surface area (Å²) < 4.78 is 32.6. The fourth-order valence-corrected chi connectivity index (χ4v) is 3.84. The summed E-state index contributed by atoms with van der Waals surface area (Å²) in [7, 11) is -3.81. The van der Waals surface area contributed by atoms with Crippen molar-refractivity contribution in [3.63, 3.8) is 0 Å². The summed E-state index contributed by atoms with van der Waals surface area (Å²) in [6.07, 6.45) is 0. The van der Waals surface area contributed by atoms with Crippen LogP contribution in [0.2, 0.25) is 0 Å². The predicted octanol–water partition coefficient (Wildman–Crippen LogP) is 1.63. The van der Waals surface area contributed by atoms with E-state index < -0.39 is 10.0 Å². The van der Waals surface area contributed by atoms with E-state index >= 15 is 0 Å². The van der Waals surface area contributed by atoms with E-state index in [1.807, 2.05) is 11.0 Å². The molecule has 146 valence electrons. The van der Waals surface area contributed by atoms with Gasteiger partial charge >= 0.3 is 0 Å². The van der Waals surface area contributed by atoms with Gasteiger partial charge in [-0.1, -0.05) is 6.07 Å². The number of carbonyl (C=O) groups is 1. The molecular formula is C19H20N4O4S. The first-order valence-corrected chi connectivity index (χ1v) is 10.2. The third-order valence-electron chi connectivity index (χ3n) is 4.17. The van der Waals surface area contributed by atoms with E-state index in [9.17, 15) is 13.2 Å². The van der Waals surface area contributed by atoms with Crippen molar-refractivity contribution in [1.29, 1.82) is 5.26 Å². The van der Waals surface area contributed by atoms with Crippen LogP contribution in [0.15, 0.2) is 53.4 Å². The van der Waals surface area contributed by atoms with E-state index in [1.165, 1.54) is 24.3 Å². The Hall–Kier alpha value is -2.93. The fraction of sp³-hybridized carbons (Fsp3) is 0.263. The number of amides is 1. The summed E-state index contributed by atoms with van der Waals surface area (Å²) >= 11 is 0. The lowest BCUT2D eigenvalue weighted by Crippen LogP contribution is -2.41. The zero-order valence-electron chi connectivity index (χ0n) is 15.1. The molecule has 0 unspecified atom stereocenters. The summed E-state index contributed by atoms with van der Waals surface area (Å²) in [4.78, 5) is 14.1. The molecule has 28 heavy (non-hydrogen) atoms. The van der Waals surface area contributed by atoms with E-state index in [-0.39, 0.29) is 22.9 Å². The number of anilines is 2. The van der Waals surface area contributed by atoms with Crippen LogP contribution in [0.3, 0.4) is 0 Å². The normalized spacial score (nSPS) is 14.8. The van der Waals surface area contributed by atoms with Crippen molar-refractivity contribution in [2.45, 2.75) is 4.90 Å². The molecule has 0 atom stereocenters. The minimum absolute atomic E-state index is 0.00874. The quantitative estimate of drug-likeness (QED) is 0.762. The summed E-state index contributed by atoms with van der Waals surface area (Å²) in [5.41, 5.74) is 1.20. The van der Waals surface area contributed by atoms with Gasteiger partial charge in [0, 0.05) is 24.5 Å². The van der Waals surface area contributed by atoms with Gasteiger partial charge in [0.05, 0.1) is 36.3 Å². The van der Waals surface area contributed by atoms with Gasteiger partial charge in [-0.2, -0.15) is 5.26 Å². The second-order valence-corrected chi connectivity index (χ2v) is 7.94. The smallest absolute Gasteiger partial charge is 0.261 e. The maximum Gasteiger partial charge on any atom is 0.261 e. The maximum atomic E-state index is 12.4. The zero-order chi connectivity index (χ0) is 20.0. The molecule has 3 rings (SSSR count).